The van der Waals surface area contributed by atoms with E-state index in [1.54, 1.807) is 11.0 Å². The fourth-order valence-corrected chi connectivity index (χ4v) is 3.46. The molecule has 1 aliphatic heterocycles. The summed E-state index contributed by atoms with van der Waals surface area (Å²) in [6, 6.07) is 5.42. The summed E-state index contributed by atoms with van der Waals surface area (Å²) in [4.78, 5) is 18.5. The molecule has 1 amide bonds. The number of rotatable bonds is 4. The van der Waals surface area contributed by atoms with Crippen LogP contribution >= 0.6 is 0 Å². The molecule has 0 radical (unpaired) electrons. The zero-order valence-corrected chi connectivity index (χ0v) is 13.1. The minimum absolute atomic E-state index is 0.0732. The minimum atomic E-state index is -3.49. The van der Waals surface area contributed by atoms with E-state index < -0.39 is 10.0 Å². The van der Waals surface area contributed by atoms with E-state index in [1.807, 2.05) is 26.0 Å². The highest BCUT2D eigenvalue weighted by Crippen LogP contribution is 2.20. The Morgan fingerprint density at radius 2 is 2.19 bits per heavy atom. The third-order valence-electron chi connectivity index (χ3n) is 3.62. The van der Waals surface area contributed by atoms with Crippen molar-refractivity contribution in [3.05, 3.63) is 29.6 Å². The molecule has 0 aliphatic carbocycles. The van der Waals surface area contributed by atoms with Crippen molar-refractivity contribution < 1.29 is 13.2 Å². The quantitative estimate of drug-likeness (QED) is 0.896. The maximum atomic E-state index is 12.4. The monoisotopic (exact) mass is 311 g/mol. The van der Waals surface area contributed by atoms with Gasteiger partial charge in [-0.15, -0.1) is 0 Å². The van der Waals surface area contributed by atoms with E-state index in [0.29, 0.717) is 25.2 Å². The lowest BCUT2D eigenvalue weighted by atomic mass is 10.1. The Labute approximate surface area is 125 Å². The van der Waals surface area contributed by atoms with Crippen LogP contribution in [0.15, 0.2) is 18.2 Å². The summed E-state index contributed by atoms with van der Waals surface area (Å²) in [5.41, 5.74) is 1.29. The molecule has 0 saturated carbocycles. The van der Waals surface area contributed by atoms with E-state index in [0.717, 1.165) is 5.69 Å². The molecule has 2 heterocycles. The number of carbonyl (C=O) groups is 1. The summed E-state index contributed by atoms with van der Waals surface area (Å²) in [7, 11) is -3.49. The predicted molar refractivity (Wildman–Crippen MR) is 80.3 cm³/mol. The van der Waals surface area contributed by atoms with Gasteiger partial charge in [-0.05, 0) is 30.4 Å². The van der Waals surface area contributed by atoms with Crippen molar-refractivity contribution in [2.75, 3.05) is 18.8 Å². The molecule has 21 heavy (non-hydrogen) atoms. The number of hydrogen-bond donors (Lipinski definition) is 1. The van der Waals surface area contributed by atoms with Crippen molar-refractivity contribution in [2.24, 2.45) is 11.1 Å². The molecule has 2 N–H and O–H groups in total. The average Bonchev–Trinajstić information content (AvgIpc) is 2.84. The van der Waals surface area contributed by atoms with Gasteiger partial charge in [-0.1, -0.05) is 19.9 Å². The molecule has 0 aromatic carbocycles. The first-order valence-corrected chi connectivity index (χ1v) is 8.74. The molecule has 1 saturated heterocycles. The van der Waals surface area contributed by atoms with Gasteiger partial charge in [-0.25, -0.2) is 18.5 Å². The van der Waals surface area contributed by atoms with E-state index in [2.05, 4.69) is 4.98 Å². The number of sulfonamides is 1. The highest BCUT2D eigenvalue weighted by Gasteiger charge is 2.29. The van der Waals surface area contributed by atoms with Crippen molar-refractivity contribution in [1.82, 2.24) is 9.88 Å². The molecule has 116 valence electrons. The van der Waals surface area contributed by atoms with Crippen molar-refractivity contribution in [1.29, 1.82) is 0 Å². The van der Waals surface area contributed by atoms with Crippen LogP contribution in [0, 0.1) is 5.92 Å². The number of carbonyl (C=O) groups excluding carboxylic acids is 1. The zero-order chi connectivity index (χ0) is 15.6. The normalized spacial score (nSPS) is 19.2. The standard InChI is InChI=1S/C14H21N3O3S/c1-10(2)12-4-3-5-13(16-12)14(18)17-7-6-11(8-17)9-21(15,19)20/h3-5,10-11H,6-9H2,1-2H3,(H2,15,19,20). The minimum Gasteiger partial charge on any atom is -0.337 e. The summed E-state index contributed by atoms with van der Waals surface area (Å²) >= 11 is 0. The second-order valence-electron chi connectivity index (χ2n) is 5.84. The number of nitrogens with zero attached hydrogens (tertiary/aromatic N) is 2. The van der Waals surface area contributed by atoms with E-state index >= 15 is 0 Å². The van der Waals surface area contributed by atoms with Crippen LogP contribution in [0.25, 0.3) is 0 Å². The Balaban J connectivity index is 2.06. The van der Waals surface area contributed by atoms with Gasteiger partial charge in [0.25, 0.3) is 5.91 Å². The first-order valence-electron chi connectivity index (χ1n) is 7.03. The Bertz CT molecular complexity index is 628. The number of primary sulfonamides is 1. The third-order valence-corrected chi connectivity index (χ3v) is 4.56. The molecule has 0 bridgehead atoms. The smallest absolute Gasteiger partial charge is 0.272 e. The summed E-state index contributed by atoms with van der Waals surface area (Å²) in [5, 5.41) is 5.06. The Morgan fingerprint density at radius 3 is 2.81 bits per heavy atom. The number of amides is 1. The van der Waals surface area contributed by atoms with Gasteiger partial charge in [0.15, 0.2) is 0 Å². The highest BCUT2D eigenvalue weighted by molar-refractivity contribution is 7.89. The molecule has 7 heteroatoms. The van der Waals surface area contributed by atoms with Gasteiger partial charge in [0.05, 0.1) is 5.75 Å². The maximum Gasteiger partial charge on any atom is 0.272 e. The topological polar surface area (TPSA) is 93.4 Å². The highest BCUT2D eigenvalue weighted by atomic mass is 32.2. The number of pyridine rings is 1. The van der Waals surface area contributed by atoms with Gasteiger partial charge in [0.1, 0.15) is 5.69 Å². The van der Waals surface area contributed by atoms with Crippen molar-refractivity contribution in [3.63, 3.8) is 0 Å². The van der Waals surface area contributed by atoms with Crippen LogP contribution in [0.1, 0.15) is 42.4 Å². The summed E-state index contributed by atoms with van der Waals surface area (Å²) in [6.07, 6.45) is 0.659. The largest absolute Gasteiger partial charge is 0.337 e. The van der Waals surface area contributed by atoms with E-state index in [1.165, 1.54) is 0 Å². The molecule has 1 unspecified atom stereocenters. The second kappa shape index (κ2) is 6.11. The molecule has 6 nitrogen and oxygen atoms in total. The lowest BCUT2D eigenvalue weighted by Crippen LogP contribution is -2.31. The molecular formula is C14H21N3O3S. The number of nitrogens with two attached hydrogens (primary N) is 1. The Morgan fingerprint density at radius 1 is 1.48 bits per heavy atom. The van der Waals surface area contributed by atoms with Crippen LogP contribution in [0.3, 0.4) is 0 Å². The zero-order valence-electron chi connectivity index (χ0n) is 12.3. The van der Waals surface area contributed by atoms with Gasteiger partial charge < -0.3 is 4.90 Å². The maximum absolute atomic E-state index is 12.4. The Hall–Kier alpha value is -1.47. The van der Waals surface area contributed by atoms with E-state index in [4.69, 9.17) is 5.14 Å². The van der Waals surface area contributed by atoms with Crippen LogP contribution in [0.2, 0.25) is 0 Å². The second-order valence-corrected chi connectivity index (χ2v) is 7.50. The van der Waals surface area contributed by atoms with Crippen LogP contribution < -0.4 is 5.14 Å². The van der Waals surface area contributed by atoms with Gasteiger partial charge in [-0.3, -0.25) is 4.79 Å². The molecule has 1 aromatic heterocycles. The lowest BCUT2D eigenvalue weighted by Gasteiger charge is -2.16. The van der Waals surface area contributed by atoms with Gasteiger partial charge in [0, 0.05) is 18.8 Å². The lowest BCUT2D eigenvalue weighted by molar-refractivity contribution is 0.0782. The van der Waals surface area contributed by atoms with Gasteiger partial charge in [-0.2, -0.15) is 0 Å². The third kappa shape index (κ3) is 4.25. The van der Waals surface area contributed by atoms with Crippen LogP contribution in [0.4, 0.5) is 0 Å². The van der Waals surface area contributed by atoms with Crippen molar-refractivity contribution >= 4 is 15.9 Å². The SMILES string of the molecule is CC(C)c1cccc(C(=O)N2CCC(CS(N)(=O)=O)C2)n1. The average molecular weight is 311 g/mol. The fourth-order valence-electron chi connectivity index (χ4n) is 2.54. The predicted octanol–water partition coefficient (Wildman–Crippen LogP) is 0.956. The van der Waals surface area contributed by atoms with Crippen LogP contribution in [-0.4, -0.2) is 43.1 Å². The first kappa shape index (κ1) is 15.9. The van der Waals surface area contributed by atoms with Crippen molar-refractivity contribution in [2.45, 2.75) is 26.2 Å². The van der Waals surface area contributed by atoms with Crippen LogP contribution in [-0.2, 0) is 10.0 Å². The summed E-state index contributed by atoms with van der Waals surface area (Å²) < 4.78 is 22.2. The first-order chi connectivity index (χ1) is 9.76. The molecule has 0 spiro atoms. The van der Waals surface area contributed by atoms with Gasteiger partial charge >= 0.3 is 0 Å². The molecule has 1 atom stereocenters. The fraction of sp³-hybridized carbons (Fsp3) is 0.571. The summed E-state index contributed by atoms with van der Waals surface area (Å²) in [5.74, 6) is -0.0471. The number of likely N-dealkylation sites (tertiary alicyclic amines) is 1. The number of hydrogen-bond acceptors (Lipinski definition) is 4. The molecule has 1 aromatic rings. The molecule has 2 rings (SSSR count). The van der Waals surface area contributed by atoms with Crippen LogP contribution in [0.5, 0.6) is 0 Å². The van der Waals surface area contributed by atoms with Gasteiger partial charge in [0.2, 0.25) is 10.0 Å². The van der Waals surface area contributed by atoms with E-state index in [-0.39, 0.29) is 23.5 Å². The molecular weight excluding hydrogens is 290 g/mol. The molecule has 1 aliphatic rings. The Kier molecular flexibility index (Phi) is 4.63. The summed E-state index contributed by atoms with van der Waals surface area (Å²) in [6.45, 7) is 5.01. The van der Waals surface area contributed by atoms with E-state index in [9.17, 15) is 13.2 Å². The van der Waals surface area contributed by atoms with Crippen molar-refractivity contribution in [3.8, 4) is 0 Å². The molecule has 1 fully saturated rings. The number of aromatic nitrogens is 1.